The minimum absolute atomic E-state index is 0.690. The minimum atomic E-state index is 0.690. The zero-order chi connectivity index (χ0) is 10.9. The number of nitrogens with two attached hydrogens (primary N) is 1. The molecule has 0 fully saturated rings. The first-order valence-corrected chi connectivity index (χ1v) is 6.52. The fourth-order valence-corrected chi connectivity index (χ4v) is 1.81. The molecule has 2 N–H and O–H groups in total. The molecule has 15 heavy (non-hydrogen) atoms. The number of benzene rings is 1. The van der Waals surface area contributed by atoms with Gasteiger partial charge >= 0.3 is 0 Å². The lowest BCUT2D eigenvalue weighted by molar-refractivity contribution is 0.343. The average Bonchev–Trinajstić information content (AvgIpc) is 2.26. The van der Waals surface area contributed by atoms with E-state index < -0.39 is 0 Å². The van der Waals surface area contributed by atoms with Gasteiger partial charge in [0.1, 0.15) is 5.75 Å². The maximum absolute atomic E-state index is 5.63. The van der Waals surface area contributed by atoms with E-state index in [2.05, 4.69) is 19.1 Å². The molecule has 0 radical (unpaired) electrons. The van der Waals surface area contributed by atoms with E-state index in [0.29, 0.717) is 6.54 Å². The van der Waals surface area contributed by atoms with Crippen molar-refractivity contribution in [1.29, 1.82) is 0 Å². The van der Waals surface area contributed by atoms with Crippen molar-refractivity contribution in [3.63, 3.8) is 0 Å². The molecule has 2 nitrogen and oxygen atoms in total. The van der Waals surface area contributed by atoms with Gasteiger partial charge in [-0.1, -0.05) is 19.1 Å². The highest BCUT2D eigenvalue weighted by molar-refractivity contribution is 7.99. The van der Waals surface area contributed by atoms with Crippen LogP contribution >= 0.6 is 11.8 Å². The molecule has 1 aromatic carbocycles. The fraction of sp³-hybridized carbons (Fsp3) is 0.500. The average molecular weight is 225 g/mol. The summed E-state index contributed by atoms with van der Waals surface area (Å²) in [6.45, 7) is 3.63. The van der Waals surface area contributed by atoms with Gasteiger partial charge in [0.15, 0.2) is 0 Å². The molecule has 0 saturated heterocycles. The van der Waals surface area contributed by atoms with Crippen LogP contribution in [0, 0.1) is 0 Å². The number of hydrogen-bond donors (Lipinski definition) is 1. The lowest BCUT2D eigenvalue weighted by Crippen LogP contribution is -2.04. The van der Waals surface area contributed by atoms with Gasteiger partial charge in [-0.2, -0.15) is 11.8 Å². The van der Waals surface area contributed by atoms with Crippen LogP contribution in [-0.2, 0) is 6.42 Å². The fourth-order valence-electron chi connectivity index (χ4n) is 1.32. The van der Waals surface area contributed by atoms with Gasteiger partial charge in [-0.3, -0.25) is 0 Å². The molecule has 1 aromatic rings. The monoisotopic (exact) mass is 225 g/mol. The summed E-state index contributed by atoms with van der Waals surface area (Å²) in [7, 11) is 0. The van der Waals surface area contributed by atoms with Crippen LogP contribution in [0.4, 0.5) is 0 Å². The molecule has 0 saturated carbocycles. The summed E-state index contributed by atoms with van der Waals surface area (Å²) in [6.07, 6.45) is 0.918. The van der Waals surface area contributed by atoms with E-state index in [1.807, 2.05) is 23.9 Å². The molecule has 0 amide bonds. The van der Waals surface area contributed by atoms with E-state index in [0.717, 1.165) is 30.3 Å². The van der Waals surface area contributed by atoms with E-state index in [1.165, 1.54) is 5.56 Å². The van der Waals surface area contributed by atoms with Gasteiger partial charge < -0.3 is 10.5 Å². The summed E-state index contributed by atoms with van der Waals surface area (Å²) in [5, 5.41) is 0. The van der Waals surface area contributed by atoms with E-state index in [4.69, 9.17) is 10.5 Å². The molecule has 0 atom stereocenters. The second-order valence-electron chi connectivity index (χ2n) is 3.23. The minimum Gasteiger partial charge on any atom is -0.493 e. The molecule has 0 bridgehead atoms. The molecule has 84 valence electrons. The molecular formula is C12H19NOS. The van der Waals surface area contributed by atoms with Gasteiger partial charge in [0.2, 0.25) is 0 Å². The third-order valence-electron chi connectivity index (χ3n) is 2.03. The number of ether oxygens (including phenoxy) is 1. The first-order chi connectivity index (χ1) is 7.36. The van der Waals surface area contributed by atoms with Crippen molar-refractivity contribution in [3.05, 3.63) is 29.8 Å². The molecule has 0 aliphatic carbocycles. The quantitative estimate of drug-likeness (QED) is 0.723. The summed E-state index contributed by atoms with van der Waals surface area (Å²) in [4.78, 5) is 0. The van der Waals surface area contributed by atoms with Crippen LogP contribution in [0.15, 0.2) is 24.3 Å². The summed E-state index contributed by atoms with van der Waals surface area (Å²) in [5.74, 6) is 3.16. The summed E-state index contributed by atoms with van der Waals surface area (Å²) >= 11 is 1.90. The van der Waals surface area contributed by atoms with Gasteiger partial charge in [-0.25, -0.2) is 0 Å². The molecule has 0 spiro atoms. The lowest BCUT2D eigenvalue weighted by Gasteiger charge is -2.07. The van der Waals surface area contributed by atoms with Crippen LogP contribution in [0.5, 0.6) is 5.75 Å². The first kappa shape index (κ1) is 12.4. The molecule has 0 aromatic heterocycles. The molecule has 1 rings (SSSR count). The predicted octanol–water partition coefficient (Wildman–Crippen LogP) is 2.32. The summed E-state index contributed by atoms with van der Waals surface area (Å²) in [6, 6.07) is 8.17. The van der Waals surface area contributed by atoms with Crippen molar-refractivity contribution < 1.29 is 4.74 Å². The van der Waals surface area contributed by atoms with Crippen molar-refractivity contribution >= 4 is 11.8 Å². The Labute approximate surface area is 96.2 Å². The van der Waals surface area contributed by atoms with Crippen LogP contribution in [0.3, 0.4) is 0 Å². The maximum atomic E-state index is 5.63. The van der Waals surface area contributed by atoms with Gasteiger partial charge in [-0.15, -0.1) is 0 Å². The number of hydrogen-bond acceptors (Lipinski definition) is 3. The van der Waals surface area contributed by atoms with Crippen molar-refractivity contribution in [3.8, 4) is 5.75 Å². The zero-order valence-electron chi connectivity index (χ0n) is 9.24. The zero-order valence-corrected chi connectivity index (χ0v) is 10.1. The van der Waals surface area contributed by atoms with Gasteiger partial charge in [0.05, 0.1) is 6.61 Å². The Morgan fingerprint density at radius 1 is 1.40 bits per heavy atom. The summed E-state index contributed by atoms with van der Waals surface area (Å²) < 4.78 is 5.63. The topological polar surface area (TPSA) is 35.2 Å². The van der Waals surface area contributed by atoms with E-state index in [1.54, 1.807) is 0 Å². The van der Waals surface area contributed by atoms with Crippen molar-refractivity contribution in [2.75, 3.05) is 24.7 Å². The van der Waals surface area contributed by atoms with Crippen LogP contribution in [0.2, 0.25) is 0 Å². The standard InChI is InChI=1S/C12H19NOS/c1-2-15-9-8-14-12-5-3-4-11(10-12)6-7-13/h3-5,10H,2,6-9,13H2,1H3. The number of rotatable bonds is 7. The van der Waals surface area contributed by atoms with E-state index >= 15 is 0 Å². The van der Waals surface area contributed by atoms with Gasteiger partial charge in [0, 0.05) is 5.75 Å². The van der Waals surface area contributed by atoms with Crippen molar-refractivity contribution in [2.45, 2.75) is 13.3 Å². The lowest BCUT2D eigenvalue weighted by atomic mass is 10.1. The normalized spacial score (nSPS) is 10.3. The largest absolute Gasteiger partial charge is 0.493 e. The Hall–Kier alpha value is -0.670. The van der Waals surface area contributed by atoms with Crippen LogP contribution in [-0.4, -0.2) is 24.7 Å². The second-order valence-corrected chi connectivity index (χ2v) is 4.63. The van der Waals surface area contributed by atoms with Crippen molar-refractivity contribution in [2.24, 2.45) is 5.73 Å². The highest BCUT2D eigenvalue weighted by Crippen LogP contribution is 2.13. The predicted molar refractivity (Wildman–Crippen MR) is 67.7 cm³/mol. The molecule has 0 heterocycles. The van der Waals surface area contributed by atoms with Gasteiger partial charge in [0.25, 0.3) is 0 Å². The Kier molecular flexibility index (Phi) is 6.28. The molecule has 0 aliphatic rings. The first-order valence-electron chi connectivity index (χ1n) is 5.36. The summed E-state index contributed by atoms with van der Waals surface area (Å²) in [5.41, 5.74) is 6.75. The van der Waals surface area contributed by atoms with E-state index in [9.17, 15) is 0 Å². The van der Waals surface area contributed by atoms with Crippen LogP contribution < -0.4 is 10.5 Å². The number of thioether (sulfide) groups is 1. The smallest absolute Gasteiger partial charge is 0.119 e. The Morgan fingerprint density at radius 3 is 3.00 bits per heavy atom. The Bertz CT molecular complexity index is 278. The van der Waals surface area contributed by atoms with E-state index in [-0.39, 0.29) is 0 Å². The Morgan fingerprint density at radius 2 is 2.27 bits per heavy atom. The highest BCUT2D eigenvalue weighted by Gasteiger charge is 1.96. The molecule has 3 heteroatoms. The van der Waals surface area contributed by atoms with Gasteiger partial charge in [-0.05, 0) is 36.4 Å². The highest BCUT2D eigenvalue weighted by atomic mass is 32.2. The molecular weight excluding hydrogens is 206 g/mol. The maximum Gasteiger partial charge on any atom is 0.119 e. The second kappa shape index (κ2) is 7.60. The van der Waals surface area contributed by atoms with Crippen LogP contribution in [0.1, 0.15) is 12.5 Å². The van der Waals surface area contributed by atoms with Crippen LogP contribution in [0.25, 0.3) is 0 Å². The Balaban J connectivity index is 2.36. The van der Waals surface area contributed by atoms with Crippen molar-refractivity contribution in [1.82, 2.24) is 0 Å². The molecule has 0 unspecified atom stereocenters. The SMILES string of the molecule is CCSCCOc1cccc(CCN)c1. The third-order valence-corrected chi connectivity index (χ3v) is 2.90. The molecule has 0 aliphatic heterocycles. The third kappa shape index (κ3) is 5.09.